The van der Waals surface area contributed by atoms with Crippen LogP contribution in [-0.2, 0) is 11.3 Å². The Labute approximate surface area is 146 Å². The lowest BCUT2D eigenvalue weighted by Crippen LogP contribution is -2.22. The molecule has 0 heterocycles. The van der Waals surface area contributed by atoms with Crippen LogP contribution in [0.1, 0.15) is 26.3 Å². The molecule has 1 N–H and O–H groups in total. The highest BCUT2D eigenvalue weighted by Gasteiger charge is 2.15. The zero-order chi connectivity index (χ0) is 17.7. The third-order valence-electron chi connectivity index (χ3n) is 3.43. The van der Waals surface area contributed by atoms with E-state index in [1.165, 1.54) is 4.90 Å². The van der Waals surface area contributed by atoms with Crippen molar-refractivity contribution in [3.63, 3.8) is 0 Å². The predicted octanol–water partition coefficient (Wildman–Crippen LogP) is 3.44. The molecule has 0 saturated carbocycles. The molecular formula is C18H19ClN2O3. The Morgan fingerprint density at radius 1 is 1.17 bits per heavy atom. The van der Waals surface area contributed by atoms with E-state index in [1.807, 2.05) is 12.1 Å². The first kappa shape index (κ1) is 18.0. The maximum atomic E-state index is 12.6. The highest BCUT2D eigenvalue weighted by Crippen LogP contribution is 2.24. The van der Waals surface area contributed by atoms with Gasteiger partial charge in [-0.15, -0.1) is 0 Å². The highest BCUT2D eigenvalue weighted by molar-refractivity contribution is 6.34. The average Bonchev–Trinajstić information content (AvgIpc) is 2.56. The van der Waals surface area contributed by atoms with Crippen LogP contribution >= 0.6 is 11.6 Å². The van der Waals surface area contributed by atoms with Crippen molar-refractivity contribution in [3.05, 3.63) is 64.2 Å². The number of benzene rings is 2. The summed E-state index contributed by atoms with van der Waals surface area (Å²) in [6.45, 7) is 0.330. The number of nitrogens with zero attached hydrogens (tertiary/aromatic N) is 1. The van der Waals surface area contributed by atoms with Crippen LogP contribution in [0.25, 0.3) is 0 Å². The third kappa shape index (κ3) is 4.13. The molecule has 2 amide bonds. The first-order valence-electron chi connectivity index (χ1n) is 7.33. The number of amides is 2. The fourth-order valence-electron chi connectivity index (χ4n) is 2.23. The first-order valence-corrected chi connectivity index (χ1v) is 7.71. The van der Waals surface area contributed by atoms with Gasteiger partial charge in [0, 0.05) is 32.3 Å². The minimum atomic E-state index is -0.306. The molecule has 2 aromatic carbocycles. The van der Waals surface area contributed by atoms with Crippen LogP contribution < -0.4 is 5.32 Å². The molecule has 0 fully saturated rings. The SMILES string of the molecule is COCc1ccccc1C(=O)Nc1cc(C(=O)N(C)C)ccc1Cl. The Kier molecular flexibility index (Phi) is 5.95. The van der Waals surface area contributed by atoms with Gasteiger partial charge in [-0.25, -0.2) is 0 Å². The van der Waals surface area contributed by atoms with Crippen molar-refractivity contribution in [2.24, 2.45) is 0 Å². The molecule has 0 unspecified atom stereocenters. The molecule has 0 aliphatic heterocycles. The number of hydrogen-bond acceptors (Lipinski definition) is 3. The van der Waals surface area contributed by atoms with Gasteiger partial charge in [0.15, 0.2) is 0 Å². The van der Waals surface area contributed by atoms with E-state index in [9.17, 15) is 9.59 Å². The van der Waals surface area contributed by atoms with Crippen molar-refractivity contribution in [3.8, 4) is 0 Å². The molecule has 126 valence electrons. The fourth-order valence-corrected chi connectivity index (χ4v) is 2.39. The topological polar surface area (TPSA) is 58.6 Å². The third-order valence-corrected chi connectivity index (χ3v) is 3.76. The molecule has 0 radical (unpaired) electrons. The Bertz CT molecular complexity index is 760. The Hall–Kier alpha value is -2.37. The van der Waals surface area contributed by atoms with Crippen molar-refractivity contribution in [2.45, 2.75) is 6.61 Å². The second-order valence-electron chi connectivity index (χ2n) is 5.44. The van der Waals surface area contributed by atoms with Crippen LogP contribution in [0.5, 0.6) is 0 Å². The van der Waals surface area contributed by atoms with Gasteiger partial charge >= 0.3 is 0 Å². The summed E-state index contributed by atoms with van der Waals surface area (Å²) >= 11 is 6.15. The predicted molar refractivity (Wildman–Crippen MR) is 94.6 cm³/mol. The van der Waals surface area contributed by atoms with Gasteiger partial charge in [0.2, 0.25) is 0 Å². The summed E-state index contributed by atoms with van der Waals surface area (Å²) in [7, 11) is 4.90. The Morgan fingerprint density at radius 2 is 1.88 bits per heavy atom. The standard InChI is InChI=1S/C18H19ClN2O3/c1-21(2)18(23)12-8-9-15(19)16(10-12)20-17(22)14-7-5-4-6-13(14)11-24-3/h4-10H,11H2,1-3H3,(H,20,22). The summed E-state index contributed by atoms with van der Waals surface area (Å²) in [4.78, 5) is 26.1. The van der Waals surface area contributed by atoms with Crippen LogP contribution in [0.4, 0.5) is 5.69 Å². The van der Waals surface area contributed by atoms with Crippen molar-refractivity contribution >= 4 is 29.1 Å². The molecule has 0 bridgehead atoms. The molecule has 5 nitrogen and oxygen atoms in total. The zero-order valence-corrected chi connectivity index (χ0v) is 14.6. The van der Waals surface area contributed by atoms with Crippen molar-refractivity contribution in [2.75, 3.05) is 26.5 Å². The summed E-state index contributed by atoms with van der Waals surface area (Å²) in [6.07, 6.45) is 0. The van der Waals surface area contributed by atoms with Gasteiger partial charge in [-0.05, 0) is 29.8 Å². The van der Waals surface area contributed by atoms with Gasteiger partial charge in [-0.3, -0.25) is 9.59 Å². The average molecular weight is 347 g/mol. The molecule has 0 aromatic heterocycles. The molecular weight excluding hydrogens is 328 g/mol. The molecule has 0 aliphatic rings. The number of halogens is 1. The van der Waals surface area contributed by atoms with E-state index >= 15 is 0 Å². The van der Waals surface area contributed by atoms with Gasteiger partial charge in [0.05, 0.1) is 17.3 Å². The first-order chi connectivity index (χ1) is 11.4. The van der Waals surface area contributed by atoms with E-state index < -0.39 is 0 Å². The molecule has 0 atom stereocenters. The summed E-state index contributed by atoms with van der Waals surface area (Å²) in [6, 6.07) is 11.9. The minimum Gasteiger partial charge on any atom is -0.380 e. The molecule has 6 heteroatoms. The van der Waals surface area contributed by atoms with E-state index in [-0.39, 0.29) is 11.8 Å². The van der Waals surface area contributed by atoms with Crippen LogP contribution in [0.3, 0.4) is 0 Å². The zero-order valence-electron chi connectivity index (χ0n) is 13.8. The highest BCUT2D eigenvalue weighted by atomic mass is 35.5. The number of nitrogens with one attached hydrogen (secondary N) is 1. The van der Waals surface area contributed by atoms with E-state index in [2.05, 4.69) is 5.32 Å². The number of rotatable bonds is 5. The molecule has 24 heavy (non-hydrogen) atoms. The smallest absolute Gasteiger partial charge is 0.256 e. The second kappa shape index (κ2) is 7.95. The van der Waals surface area contributed by atoms with E-state index in [0.29, 0.717) is 28.4 Å². The van der Waals surface area contributed by atoms with Crippen LogP contribution in [0, 0.1) is 0 Å². The summed E-state index contributed by atoms with van der Waals surface area (Å²) in [5, 5.41) is 3.13. The molecule has 0 spiro atoms. The van der Waals surface area contributed by atoms with Crippen molar-refractivity contribution < 1.29 is 14.3 Å². The monoisotopic (exact) mass is 346 g/mol. The number of methoxy groups -OCH3 is 1. The lowest BCUT2D eigenvalue weighted by atomic mass is 10.1. The van der Waals surface area contributed by atoms with Gasteiger partial charge in [-0.1, -0.05) is 29.8 Å². The second-order valence-corrected chi connectivity index (χ2v) is 5.85. The number of anilines is 1. The number of ether oxygens (including phenoxy) is 1. The van der Waals surface area contributed by atoms with Gasteiger partial charge in [0.25, 0.3) is 11.8 Å². The Morgan fingerprint density at radius 3 is 2.54 bits per heavy atom. The molecule has 2 aromatic rings. The van der Waals surface area contributed by atoms with Gasteiger partial charge < -0.3 is 15.0 Å². The summed E-state index contributed by atoms with van der Waals surface area (Å²) in [5.74, 6) is -0.471. The minimum absolute atomic E-state index is 0.165. The number of hydrogen-bond donors (Lipinski definition) is 1. The fraction of sp³-hybridized carbons (Fsp3) is 0.222. The lowest BCUT2D eigenvalue weighted by Gasteiger charge is -2.14. The molecule has 2 rings (SSSR count). The van der Waals surface area contributed by atoms with Crippen molar-refractivity contribution in [1.82, 2.24) is 4.90 Å². The number of carbonyl (C=O) groups is 2. The largest absolute Gasteiger partial charge is 0.380 e. The molecule has 0 aliphatic carbocycles. The maximum absolute atomic E-state index is 12.6. The quantitative estimate of drug-likeness (QED) is 0.902. The molecule has 0 saturated heterocycles. The lowest BCUT2D eigenvalue weighted by molar-refractivity contribution is 0.0827. The normalized spacial score (nSPS) is 10.3. The summed E-state index contributed by atoms with van der Waals surface area (Å²) in [5.41, 5.74) is 2.11. The van der Waals surface area contributed by atoms with E-state index in [0.717, 1.165) is 5.56 Å². The number of carbonyl (C=O) groups excluding carboxylic acids is 2. The van der Waals surface area contributed by atoms with Crippen LogP contribution in [0.2, 0.25) is 5.02 Å². The maximum Gasteiger partial charge on any atom is 0.256 e. The van der Waals surface area contributed by atoms with E-state index in [4.69, 9.17) is 16.3 Å². The Balaban J connectivity index is 2.29. The van der Waals surface area contributed by atoms with E-state index in [1.54, 1.807) is 51.5 Å². The van der Waals surface area contributed by atoms with Crippen LogP contribution in [-0.4, -0.2) is 37.9 Å². The van der Waals surface area contributed by atoms with Gasteiger partial charge in [-0.2, -0.15) is 0 Å². The van der Waals surface area contributed by atoms with Gasteiger partial charge in [0.1, 0.15) is 0 Å². The van der Waals surface area contributed by atoms with Crippen LogP contribution in [0.15, 0.2) is 42.5 Å². The van der Waals surface area contributed by atoms with Crippen molar-refractivity contribution in [1.29, 1.82) is 0 Å². The summed E-state index contributed by atoms with van der Waals surface area (Å²) < 4.78 is 5.11.